The van der Waals surface area contributed by atoms with Crippen LogP contribution in [0.15, 0.2) is 24.4 Å². The zero-order chi connectivity index (χ0) is 13.7. The fourth-order valence-electron chi connectivity index (χ4n) is 4.30. The number of carbonyl (C=O) groups is 1. The van der Waals surface area contributed by atoms with Crippen molar-refractivity contribution >= 4 is 16.7 Å². The highest BCUT2D eigenvalue weighted by Crippen LogP contribution is 2.49. The van der Waals surface area contributed by atoms with E-state index >= 15 is 0 Å². The van der Waals surface area contributed by atoms with Crippen molar-refractivity contribution in [2.24, 2.45) is 17.8 Å². The zero-order valence-corrected chi connectivity index (χ0v) is 11.4. The molecule has 1 aromatic heterocycles. The molecule has 1 aromatic carbocycles. The summed E-state index contributed by atoms with van der Waals surface area (Å²) in [6, 6.07) is 4.57. The molecule has 1 N–H and O–H groups in total. The van der Waals surface area contributed by atoms with Crippen LogP contribution < -0.4 is 0 Å². The van der Waals surface area contributed by atoms with Crippen LogP contribution in [0.25, 0.3) is 10.9 Å². The molecule has 3 unspecified atom stereocenters. The topological polar surface area (TPSA) is 32.9 Å². The Morgan fingerprint density at radius 1 is 1.30 bits per heavy atom. The first-order chi connectivity index (χ1) is 9.70. The molecule has 20 heavy (non-hydrogen) atoms. The van der Waals surface area contributed by atoms with Crippen molar-refractivity contribution in [1.29, 1.82) is 0 Å². The van der Waals surface area contributed by atoms with Crippen LogP contribution in [-0.4, -0.2) is 10.8 Å². The SMILES string of the molecule is O=C(CC1CC2CCC1C2)c1c[nH]c2ccc(F)cc12. The fourth-order valence-corrected chi connectivity index (χ4v) is 4.30. The van der Waals surface area contributed by atoms with Crippen molar-refractivity contribution in [3.63, 3.8) is 0 Å². The number of H-pyrrole nitrogens is 1. The van der Waals surface area contributed by atoms with Gasteiger partial charge in [-0.1, -0.05) is 6.42 Å². The van der Waals surface area contributed by atoms with Crippen LogP contribution in [0.4, 0.5) is 4.39 Å². The van der Waals surface area contributed by atoms with E-state index in [1.807, 2.05) is 0 Å². The van der Waals surface area contributed by atoms with Gasteiger partial charge in [0.2, 0.25) is 0 Å². The number of halogens is 1. The van der Waals surface area contributed by atoms with Gasteiger partial charge in [0.05, 0.1) is 0 Å². The molecule has 0 saturated heterocycles. The van der Waals surface area contributed by atoms with Gasteiger partial charge in [0.1, 0.15) is 5.82 Å². The number of aromatic nitrogens is 1. The van der Waals surface area contributed by atoms with E-state index in [2.05, 4.69) is 4.98 Å². The maximum atomic E-state index is 13.4. The van der Waals surface area contributed by atoms with Crippen LogP contribution in [0.1, 0.15) is 42.5 Å². The molecule has 3 heteroatoms. The predicted molar refractivity (Wildman–Crippen MR) is 76.1 cm³/mol. The van der Waals surface area contributed by atoms with Crippen LogP contribution in [0.2, 0.25) is 0 Å². The Bertz CT molecular complexity index is 675. The molecule has 2 aromatic rings. The number of benzene rings is 1. The molecular weight excluding hydrogens is 253 g/mol. The number of hydrogen-bond acceptors (Lipinski definition) is 1. The second kappa shape index (κ2) is 4.44. The number of carbonyl (C=O) groups excluding carboxylic acids is 1. The molecule has 0 aliphatic heterocycles. The number of fused-ring (bicyclic) bond motifs is 3. The average molecular weight is 271 g/mol. The van der Waals surface area contributed by atoms with Crippen LogP contribution in [0.3, 0.4) is 0 Å². The third kappa shape index (κ3) is 1.88. The van der Waals surface area contributed by atoms with E-state index in [0.29, 0.717) is 17.9 Å². The fraction of sp³-hybridized carbons (Fsp3) is 0.471. The first kappa shape index (κ1) is 12.1. The van der Waals surface area contributed by atoms with Gasteiger partial charge in [-0.05, 0) is 55.2 Å². The minimum atomic E-state index is -0.286. The van der Waals surface area contributed by atoms with E-state index in [1.165, 1.54) is 37.8 Å². The molecule has 104 valence electrons. The molecule has 2 fully saturated rings. The Morgan fingerprint density at radius 2 is 2.20 bits per heavy atom. The number of rotatable bonds is 3. The van der Waals surface area contributed by atoms with E-state index < -0.39 is 0 Å². The lowest BCUT2D eigenvalue weighted by atomic mass is 9.84. The zero-order valence-electron chi connectivity index (χ0n) is 11.4. The maximum absolute atomic E-state index is 13.4. The van der Waals surface area contributed by atoms with Gasteiger partial charge in [-0.15, -0.1) is 0 Å². The molecular formula is C17H18FNO. The van der Waals surface area contributed by atoms with Crippen LogP contribution in [-0.2, 0) is 0 Å². The van der Waals surface area contributed by atoms with Crippen molar-refractivity contribution in [3.05, 3.63) is 35.8 Å². The second-order valence-electron chi connectivity index (χ2n) is 6.45. The number of ketones is 1. The molecule has 2 saturated carbocycles. The van der Waals surface area contributed by atoms with Gasteiger partial charge in [-0.25, -0.2) is 4.39 Å². The Kier molecular flexibility index (Phi) is 2.69. The summed E-state index contributed by atoms with van der Waals surface area (Å²) in [5, 5.41) is 0.721. The van der Waals surface area contributed by atoms with E-state index in [1.54, 1.807) is 12.3 Å². The van der Waals surface area contributed by atoms with E-state index in [0.717, 1.165) is 22.7 Å². The first-order valence-corrected chi connectivity index (χ1v) is 7.50. The van der Waals surface area contributed by atoms with Gasteiger partial charge < -0.3 is 4.98 Å². The van der Waals surface area contributed by atoms with E-state index in [4.69, 9.17) is 0 Å². The Morgan fingerprint density at radius 3 is 2.95 bits per heavy atom. The molecule has 4 rings (SSSR count). The van der Waals surface area contributed by atoms with E-state index in [-0.39, 0.29) is 11.6 Å². The quantitative estimate of drug-likeness (QED) is 0.829. The number of Topliss-reactive ketones (excluding diaryl/α,β-unsaturated/α-hetero) is 1. The number of nitrogens with one attached hydrogen (secondary N) is 1. The van der Waals surface area contributed by atoms with Crippen LogP contribution in [0.5, 0.6) is 0 Å². The Hall–Kier alpha value is -1.64. The molecule has 0 radical (unpaired) electrons. The summed E-state index contributed by atoms with van der Waals surface area (Å²) < 4.78 is 13.4. The average Bonchev–Trinajstić information content (AvgIpc) is 3.11. The summed E-state index contributed by atoms with van der Waals surface area (Å²) in [6.07, 6.45) is 7.55. The molecule has 2 bridgehead atoms. The van der Waals surface area contributed by atoms with Gasteiger partial charge >= 0.3 is 0 Å². The van der Waals surface area contributed by atoms with Gasteiger partial charge in [0, 0.05) is 29.1 Å². The second-order valence-corrected chi connectivity index (χ2v) is 6.45. The monoisotopic (exact) mass is 271 g/mol. The van der Waals surface area contributed by atoms with Gasteiger partial charge in [-0.3, -0.25) is 4.79 Å². The molecule has 2 aliphatic rings. The minimum Gasteiger partial charge on any atom is -0.360 e. The summed E-state index contributed by atoms with van der Waals surface area (Å²) >= 11 is 0. The number of hydrogen-bond donors (Lipinski definition) is 1. The summed E-state index contributed by atoms with van der Waals surface area (Å²) in [4.78, 5) is 15.6. The molecule has 2 aliphatic carbocycles. The highest BCUT2D eigenvalue weighted by molar-refractivity contribution is 6.07. The lowest BCUT2D eigenvalue weighted by molar-refractivity contribution is 0.0946. The smallest absolute Gasteiger partial charge is 0.165 e. The molecule has 2 nitrogen and oxygen atoms in total. The highest BCUT2D eigenvalue weighted by Gasteiger charge is 2.40. The highest BCUT2D eigenvalue weighted by atomic mass is 19.1. The van der Waals surface area contributed by atoms with Crippen molar-refractivity contribution in [1.82, 2.24) is 4.98 Å². The molecule has 1 heterocycles. The maximum Gasteiger partial charge on any atom is 0.165 e. The summed E-state index contributed by atoms with van der Waals surface area (Å²) in [7, 11) is 0. The summed E-state index contributed by atoms with van der Waals surface area (Å²) in [6.45, 7) is 0. The lowest BCUT2D eigenvalue weighted by Gasteiger charge is -2.20. The predicted octanol–water partition coefficient (Wildman–Crippen LogP) is 4.32. The number of aromatic amines is 1. The van der Waals surface area contributed by atoms with Crippen LogP contribution >= 0.6 is 0 Å². The third-order valence-corrected chi connectivity index (χ3v) is 5.28. The largest absolute Gasteiger partial charge is 0.360 e. The van der Waals surface area contributed by atoms with Crippen molar-refractivity contribution in [2.75, 3.05) is 0 Å². The Balaban J connectivity index is 1.59. The van der Waals surface area contributed by atoms with Crippen molar-refractivity contribution < 1.29 is 9.18 Å². The summed E-state index contributed by atoms with van der Waals surface area (Å²) in [5.74, 6) is 2.05. The van der Waals surface area contributed by atoms with Crippen LogP contribution in [0, 0.1) is 23.6 Å². The standard InChI is InChI=1S/C17H18FNO/c18-13-3-4-16-14(8-13)15(9-19-16)17(20)7-12-6-10-1-2-11(12)5-10/h3-4,8-12,19H,1-2,5-7H2. The van der Waals surface area contributed by atoms with E-state index in [9.17, 15) is 9.18 Å². The summed E-state index contributed by atoms with van der Waals surface area (Å²) in [5.41, 5.74) is 1.49. The van der Waals surface area contributed by atoms with Crippen molar-refractivity contribution in [3.8, 4) is 0 Å². The van der Waals surface area contributed by atoms with Gasteiger partial charge in [0.15, 0.2) is 5.78 Å². The normalized spacial score (nSPS) is 28.4. The minimum absolute atomic E-state index is 0.166. The first-order valence-electron chi connectivity index (χ1n) is 7.50. The third-order valence-electron chi connectivity index (χ3n) is 5.28. The molecule has 0 amide bonds. The van der Waals surface area contributed by atoms with Crippen molar-refractivity contribution in [2.45, 2.75) is 32.1 Å². The van der Waals surface area contributed by atoms with Gasteiger partial charge in [0.25, 0.3) is 0 Å². The molecule has 0 spiro atoms. The van der Waals surface area contributed by atoms with Gasteiger partial charge in [-0.2, -0.15) is 0 Å². The Labute approximate surface area is 117 Å². The molecule has 3 atom stereocenters. The lowest BCUT2D eigenvalue weighted by Crippen LogP contribution is -2.15.